The Kier molecular flexibility index (Phi) is 6.54. The molecule has 7 heteroatoms. The van der Waals surface area contributed by atoms with Crippen molar-refractivity contribution in [2.75, 3.05) is 14.2 Å². The van der Waals surface area contributed by atoms with Gasteiger partial charge < -0.3 is 9.47 Å². The molecule has 0 aliphatic rings. The largest absolute Gasteiger partial charge is 0.493 e. The lowest BCUT2D eigenvalue weighted by molar-refractivity contribution is -0.121. The Morgan fingerprint density at radius 2 is 1.88 bits per heavy atom. The van der Waals surface area contributed by atoms with E-state index in [2.05, 4.69) is 26.5 Å². The van der Waals surface area contributed by atoms with Gasteiger partial charge in [0.25, 0.3) is 5.91 Å². The van der Waals surface area contributed by atoms with Gasteiger partial charge in [-0.25, -0.2) is 5.43 Å². The second-order valence-corrected chi connectivity index (χ2v) is 5.79. The van der Waals surface area contributed by atoms with Crippen LogP contribution >= 0.6 is 15.9 Å². The van der Waals surface area contributed by atoms with Crippen LogP contribution < -0.4 is 14.9 Å². The molecule has 0 unspecified atom stereocenters. The Labute approximate surface area is 154 Å². The lowest BCUT2D eigenvalue weighted by Crippen LogP contribution is -2.24. The molecule has 0 heterocycles. The summed E-state index contributed by atoms with van der Waals surface area (Å²) in [7, 11) is 3.08. The average Bonchev–Trinajstić information content (AvgIpc) is 2.64. The molecule has 1 atom stereocenters. The standard InChI is InChI=1S/C18H16BrN3O3/c1-24-16-8-13(15(19)9-17(16)25-2)11-21-22-18(23)14(10-20)12-6-4-3-5-7-12/h3-9,11,14H,1-2H3,(H,22,23)/b21-11-/t14-/m0/s1. The number of hydrogen-bond acceptors (Lipinski definition) is 5. The molecule has 1 N–H and O–H groups in total. The van der Waals surface area contributed by atoms with E-state index >= 15 is 0 Å². The fourth-order valence-electron chi connectivity index (χ4n) is 2.13. The molecule has 0 aliphatic heterocycles. The molecule has 2 aromatic carbocycles. The van der Waals surface area contributed by atoms with Gasteiger partial charge in [0, 0.05) is 10.0 Å². The normalized spacial score (nSPS) is 11.6. The van der Waals surface area contributed by atoms with E-state index in [1.54, 1.807) is 43.5 Å². The first-order valence-electron chi connectivity index (χ1n) is 7.29. The Balaban J connectivity index is 2.13. The summed E-state index contributed by atoms with van der Waals surface area (Å²) in [5, 5.41) is 13.2. The summed E-state index contributed by atoms with van der Waals surface area (Å²) in [6.07, 6.45) is 1.46. The highest BCUT2D eigenvalue weighted by Crippen LogP contribution is 2.32. The topological polar surface area (TPSA) is 83.7 Å². The number of nitrogens with one attached hydrogen (secondary N) is 1. The minimum Gasteiger partial charge on any atom is -0.493 e. The minimum absolute atomic E-state index is 0.499. The van der Waals surface area contributed by atoms with Crippen LogP contribution in [0.4, 0.5) is 0 Å². The molecule has 128 valence electrons. The third-order valence-corrected chi connectivity index (χ3v) is 4.09. The van der Waals surface area contributed by atoms with E-state index in [0.29, 0.717) is 22.6 Å². The zero-order chi connectivity index (χ0) is 18.2. The summed E-state index contributed by atoms with van der Waals surface area (Å²) in [6.45, 7) is 0. The summed E-state index contributed by atoms with van der Waals surface area (Å²) in [5.41, 5.74) is 3.69. The summed E-state index contributed by atoms with van der Waals surface area (Å²) in [6, 6.07) is 14.3. The number of methoxy groups -OCH3 is 2. The van der Waals surface area contributed by atoms with Gasteiger partial charge in [-0.2, -0.15) is 10.4 Å². The van der Waals surface area contributed by atoms with Crippen LogP contribution in [0, 0.1) is 11.3 Å². The first-order valence-corrected chi connectivity index (χ1v) is 8.09. The van der Waals surface area contributed by atoms with Gasteiger partial charge in [0.1, 0.15) is 0 Å². The molecule has 0 aliphatic carbocycles. The van der Waals surface area contributed by atoms with Crippen molar-refractivity contribution in [2.24, 2.45) is 5.10 Å². The number of nitrogens with zero attached hydrogens (tertiary/aromatic N) is 2. The van der Waals surface area contributed by atoms with Crippen LogP contribution in [0.15, 0.2) is 52.0 Å². The molecule has 0 radical (unpaired) electrons. The smallest absolute Gasteiger partial charge is 0.261 e. The van der Waals surface area contributed by atoms with E-state index in [1.807, 2.05) is 12.1 Å². The zero-order valence-electron chi connectivity index (χ0n) is 13.7. The summed E-state index contributed by atoms with van der Waals surface area (Å²) >= 11 is 3.41. The molecular formula is C18H16BrN3O3. The Hall–Kier alpha value is -2.85. The first kappa shape index (κ1) is 18.5. The molecule has 0 fully saturated rings. The third kappa shape index (κ3) is 4.58. The molecule has 0 spiro atoms. The minimum atomic E-state index is -0.924. The van der Waals surface area contributed by atoms with Crippen molar-refractivity contribution in [3.05, 3.63) is 58.1 Å². The average molecular weight is 402 g/mol. The van der Waals surface area contributed by atoms with E-state index in [4.69, 9.17) is 9.47 Å². The van der Waals surface area contributed by atoms with Crippen LogP contribution in [0.3, 0.4) is 0 Å². The Morgan fingerprint density at radius 1 is 1.24 bits per heavy atom. The lowest BCUT2D eigenvalue weighted by Gasteiger charge is -2.10. The van der Waals surface area contributed by atoms with E-state index in [1.165, 1.54) is 13.3 Å². The maximum Gasteiger partial charge on any atom is 0.261 e. The van der Waals surface area contributed by atoms with Crippen molar-refractivity contribution in [1.29, 1.82) is 5.26 Å². The quantitative estimate of drug-likeness (QED) is 0.594. The molecule has 6 nitrogen and oxygen atoms in total. The molecule has 0 saturated carbocycles. The number of carbonyl (C=O) groups is 1. The summed E-state index contributed by atoms with van der Waals surface area (Å²) in [5.74, 6) is -0.310. The Morgan fingerprint density at radius 3 is 2.48 bits per heavy atom. The van der Waals surface area contributed by atoms with E-state index < -0.39 is 11.8 Å². The number of hydrogen-bond donors (Lipinski definition) is 1. The van der Waals surface area contributed by atoms with E-state index in [9.17, 15) is 10.1 Å². The van der Waals surface area contributed by atoms with Crippen molar-refractivity contribution in [2.45, 2.75) is 5.92 Å². The summed E-state index contributed by atoms with van der Waals surface area (Å²) < 4.78 is 11.2. The predicted octanol–water partition coefficient (Wildman–Crippen LogP) is 3.22. The van der Waals surface area contributed by atoms with Gasteiger partial charge in [0.2, 0.25) is 0 Å². The maximum atomic E-state index is 12.2. The molecule has 2 aromatic rings. The molecule has 0 saturated heterocycles. The molecule has 25 heavy (non-hydrogen) atoms. The lowest BCUT2D eigenvalue weighted by atomic mass is 10.0. The second-order valence-electron chi connectivity index (χ2n) is 4.94. The number of ether oxygens (including phenoxy) is 2. The maximum absolute atomic E-state index is 12.2. The highest BCUT2D eigenvalue weighted by Gasteiger charge is 2.19. The molecule has 1 amide bonds. The zero-order valence-corrected chi connectivity index (χ0v) is 15.3. The fraction of sp³-hybridized carbons (Fsp3) is 0.167. The van der Waals surface area contributed by atoms with E-state index in [0.717, 1.165) is 4.47 Å². The second kappa shape index (κ2) is 8.85. The van der Waals surface area contributed by atoms with E-state index in [-0.39, 0.29) is 0 Å². The van der Waals surface area contributed by atoms with Crippen molar-refractivity contribution in [3.63, 3.8) is 0 Å². The van der Waals surface area contributed by atoms with Crippen LogP contribution in [0.2, 0.25) is 0 Å². The van der Waals surface area contributed by atoms with Crippen LogP contribution in [-0.4, -0.2) is 26.3 Å². The van der Waals surface area contributed by atoms with Gasteiger partial charge in [-0.15, -0.1) is 0 Å². The molecule has 0 bridgehead atoms. The molecule has 2 rings (SSSR count). The van der Waals surface area contributed by atoms with Gasteiger partial charge in [-0.05, 0) is 33.6 Å². The van der Waals surface area contributed by atoms with Crippen LogP contribution in [0.25, 0.3) is 0 Å². The fourth-order valence-corrected chi connectivity index (χ4v) is 2.55. The van der Waals surface area contributed by atoms with Crippen molar-refractivity contribution in [1.82, 2.24) is 5.43 Å². The molecule has 0 aromatic heterocycles. The van der Waals surface area contributed by atoms with Crippen molar-refractivity contribution in [3.8, 4) is 17.6 Å². The van der Waals surface area contributed by atoms with Gasteiger partial charge in [-0.1, -0.05) is 30.3 Å². The monoisotopic (exact) mass is 401 g/mol. The van der Waals surface area contributed by atoms with Gasteiger partial charge >= 0.3 is 0 Å². The van der Waals surface area contributed by atoms with Crippen molar-refractivity contribution >= 4 is 28.1 Å². The first-order chi connectivity index (χ1) is 12.1. The number of nitriles is 1. The van der Waals surface area contributed by atoms with Crippen LogP contribution in [0.1, 0.15) is 17.0 Å². The number of benzene rings is 2. The predicted molar refractivity (Wildman–Crippen MR) is 97.8 cm³/mol. The third-order valence-electron chi connectivity index (χ3n) is 3.41. The van der Waals surface area contributed by atoms with Crippen molar-refractivity contribution < 1.29 is 14.3 Å². The number of rotatable bonds is 6. The number of carbonyl (C=O) groups excluding carboxylic acids is 1. The van der Waals surface area contributed by atoms with Gasteiger partial charge in [-0.3, -0.25) is 4.79 Å². The van der Waals surface area contributed by atoms with Crippen LogP contribution in [-0.2, 0) is 4.79 Å². The molecular weight excluding hydrogens is 386 g/mol. The highest BCUT2D eigenvalue weighted by molar-refractivity contribution is 9.10. The van der Waals surface area contributed by atoms with Crippen LogP contribution in [0.5, 0.6) is 11.5 Å². The number of amides is 1. The summed E-state index contributed by atoms with van der Waals surface area (Å²) in [4.78, 5) is 12.2. The van der Waals surface area contributed by atoms with Gasteiger partial charge in [0.15, 0.2) is 17.4 Å². The highest BCUT2D eigenvalue weighted by atomic mass is 79.9. The van der Waals surface area contributed by atoms with Gasteiger partial charge in [0.05, 0.1) is 26.5 Å². The Bertz CT molecular complexity index is 816. The number of hydrazone groups is 1. The SMILES string of the molecule is COc1cc(Br)c(/C=N\NC(=O)[C@@H](C#N)c2ccccc2)cc1OC. The number of halogens is 1.